The molecule has 1 saturated carbocycles. The van der Waals surface area contributed by atoms with Crippen LogP contribution < -0.4 is 9.47 Å². The molecule has 0 aromatic heterocycles. The summed E-state index contributed by atoms with van der Waals surface area (Å²) in [5, 5.41) is 0. The van der Waals surface area contributed by atoms with Gasteiger partial charge in [0.1, 0.15) is 30.0 Å². The second-order valence-electron chi connectivity index (χ2n) is 7.11. The summed E-state index contributed by atoms with van der Waals surface area (Å²) in [4.78, 5) is 25.1. The van der Waals surface area contributed by atoms with Crippen molar-refractivity contribution in [1.29, 1.82) is 0 Å². The van der Waals surface area contributed by atoms with Gasteiger partial charge in [-0.25, -0.2) is 4.79 Å². The summed E-state index contributed by atoms with van der Waals surface area (Å²) < 4.78 is 22.2. The number of hydrogen-bond donors (Lipinski definition) is 0. The number of hydrogen-bond acceptors (Lipinski definition) is 6. The van der Waals surface area contributed by atoms with Crippen molar-refractivity contribution >= 4 is 11.8 Å². The topological polar surface area (TPSA) is 71.1 Å². The highest BCUT2D eigenvalue weighted by Crippen LogP contribution is 2.35. The van der Waals surface area contributed by atoms with Gasteiger partial charge in [0.15, 0.2) is 0 Å². The molecule has 0 bridgehead atoms. The van der Waals surface area contributed by atoms with Crippen molar-refractivity contribution in [2.24, 2.45) is 5.92 Å². The van der Waals surface area contributed by atoms with E-state index in [2.05, 4.69) is 0 Å². The van der Waals surface area contributed by atoms with Crippen LogP contribution in [-0.4, -0.2) is 31.1 Å². The fourth-order valence-electron chi connectivity index (χ4n) is 3.68. The fourth-order valence-corrected chi connectivity index (χ4v) is 3.68. The number of carbonyl (C=O) groups excluding carboxylic acids is 2. The molecule has 1 aliphatic carbocycles. The molecule has 0 amide bonds. The predicted molar refractivity (Wildman–Crippen MR) is 105 cm³/mol. The molecule has 0 radical (unpaired) electrons. The number of esters is 1. The van der Waals surface area contributed by atoms with E-state index in [-0.39, 0.29) is 35.6 Å². The van der Waals surface area contributed by atoms with Crippen LogP contribution in [0, 0.1) is 5.92 Å². The van der Waals surface area contributed by atoms with Crippen LogP contribution >= 0.6 is 0 Å². The molecule has 0 saturated heterocycles. The van der Waals surface area contributed by atoms with Crippen LogP contribution in [0.2, 0.25) is 0 Å². The van der Waals surface area contributed by atoms with Crippen molar-refractivity contribution in [2.75, 3.05) is 7.11 Å². The molecule has 3 atom stereocenters. The van der Waals surface area contributed by atoms with Crippen molar-refractivity contribution < 1.29 is 28.5 Å². The van der Waals surface area contributed by atoms with Gasteiger partial charge in [0, 0.05) is 6.42 Å². The first-order chi connectivity index (χ1) is 14.1. The lowest BCUT2D eigenvalue weighted by atomic mass is 9.80. The third kappa shape index (κ3) is 4.26. The van der Waals surface area contributed by atoms with E-state index in [0.717, 1.165) is 0 Å². The summed E-state index contributed by atoms with van der Waals surface area (Å²) in [6.07, 6.45) is 2.47. The minimum atomic E-state index is -0.352. The molecular weight excluding hydrogens is 372 g/mol. The number of ketones is 1. The molecule has 29 heavy (non-hydrogen) atoms. The van der Waals surface area contributed by atoms with Crippen LogP contribution in [-0.2, 0) is 14.3 Å². The van der Waals surface area contributed by atoms with Crippen molar-refractivity contribution in [3.63, 3.8) is 0 Å². The molecule has 2 aromatic carbocycles. The number of rotatable bonds is 5. The zero-order valence-electron chi connectivity index (χ0n) is 16.1. The Labute approximate surface area is 169 Å². The van der Waals surface area contributed by atoms with Gasteiger partial charge in [0.25, 0.3) is 0 Å². The number of allylic oxidation sites excluding steroid dienone is 1. The Balaban J connectivity index is 1.37. The van der Waals surface area contributed by atoms with E-state index in [1.54, 1.807) is 55.6 Å². The fraction of sp³-hybridized carbons (Fsp3) is 0.304. The lowest BCUT2D eigenvalue weighted by Crippen LogP contribution is -2.43. The second-order valence-corrected chi connectivity index (χ2v) is 7.11. The van der Waals surface area contributed by atoms with Crippen molar-refractivity contribution in [1.82, 2.24) is 0 Å². The minimum Gasteiger partial charge on any atom is -0.497 e. The highest BCUT2D eigenvalue weighted by molar-refractivity contribution is 5.96. The SMILES string of the molecule is COc1ccc(OC2=COC3CC(OC(=O)c4ccccc4)CCC3C2=O)cc1. The van der Waals surface area contributed by atoms with Crippen LogP contribution in [0.4, 0.5) is 0 Å². The molecule has 2 aromatic rings. The smallest absolute Gasteiger partial charge is 0.338 e. The molecular formula is C23H22O6. The molecule has 1 fully saturated rings. The molecule has 6 nitrogen and oxygen atoms in total. The quantitative estimate of drug-likeness (QED) is 0.716. The number of methoxy groups -OCH3 is 1. The molecule has 150 valence electrons. The Morgan fingerprint density at radius 3 is 2.45 bits per heavy atom. The van der Waals surface area contributed by atoms with Crippen LogP contribution in [0.15, 0.2) is 66.6 Å². The van der Waals surface area contributed by atoms with E-state index in [1.807, 2.05) is 6.07 Å². The summed E-state index contributed by atoms with van der Waals surface area (Å²) in [5.74, 6) is 0.718. The maximum absolute atomic E-state index is 12.8. The molecule has 3 unspecified atom stereocenters. The first-order valence-corrected chi connectivity index (χ1v) is 9.62. The summed E-state index contributed by atoms with van der Waals surface area (Å²) in [7, 11) is 1.59. The van der Waals surface area contributed by atoms with Crippen LogP contribution in [0.1, 0.15) is 29.6 Å². The zero-order valence-corrected chi connectivity index (χ0v) is 16.1. The Morgan fingerprint density at radius 1 is 1.00 bits per heavy atom. The second kappa shape index (κ2) is 8.39. The monoisotopic (exact) mass is 394 g/mol. The number of fused-ring (bicyclic) bond motifs is 1. The highest BCUT2D eigenvalue weighted by Gasteiger charge is 2.42. The third-order valence-electron chi connectivity index (χ3n) is 5.24. The number of ether oxygens (including phenoxy) is 4. The first-order valence-electron chi connectivity index (χ1n) is 9.62. The average molecular weight is 394 g/mol. The summed E-state index contributed by atoms with van der Waals surface area (Å²) in [6, 6.07) is 15.9. The zero-order chi connectivity index (χ0) is 20.2. The molecule has 0 spiro atoms. The minimum absolute atomic E-state index is 0.0788. The summed E-state index contributed by atoms with van der Waals surface area (Å²) in [5.41, 5.74) is 0.519. The van der Waals surface area contributed by atoms with Crippen molar-refractivity contribution in [2.45, 2.75) is 31.5 Å². The van der Waals surface area contributed by atoms with E-state index < -0.39 is 0 Å². The van der Waals surface area contributed by atoms with Crippen molar-refractivity contribution in [3.05, 3.63) is 72.2 Å². The van der Waals surface area contributed by atoms with E-state index in [4.69, 9.17) is 18.9 Å². The Morgan fingerprint density at radius 2 is 1.72 bits per heavy atom. The van der Waals surface area contributed by atoms with Gasteiger partial charge in [-0.15, -0.1) is 0 Å². The molecule has 6 heteroatoms. The lowest BCUT2D eigenvalue weighted by Gasteiger charge is -2.36. The Bertz CT molecular complexity index is 903. The third-order valence-corrected chi connectivity index (χ3v) is 5.24. The summed E-state index contributed by atoms with van der Waals surface area (Å²) in [6.45, 7) is 0. The van der Waals surface area contributed by atoms with E-state index in [1.165, 1.54) is 6.26 Å². The molecule has 1 aliphatic heterocycles. The Hall–Kier alpha value is -3.28. The lowest BCUT2D eigenvalue weighted by molar-refractivity contribution is -0.132. The van der Waals surface area contributed by atoms with E-state index in [9.17, 15) is 9.59 Å². The van der Waals surface area contributed by atoms with Crippen LogP contribution in [0.5, 0.6) is 11.5 Å². The summed E-state index contributed by atoms with van der Waals surface area (Å²) >= 11 is 0. The molecule has 4 rings (SSSR count). The molecule has 0 N–H and O–H groups in total. The maximum Gasteiger partial charge on any atom is 0.338 e. The first kappa shape index (κ1) is 19.1. The number of carbonyl (C=O) groups is 2. The average Bonchev–Trinajstić information content (AvgIpc) is 2.77. The van der Waals surface area contributed by atoms with Gasteiger partial charge in [0.05, 0.1) is 18.6 Å². The van der Waals surface area contributed by atoms with Gasteiger partial charge < -0.3 is 18.9 Å². The van der Waals surface area contributed by atoms with Gasteiger partial charge in [-0.05, 0) is 49.2 Å². The van der Waals surface area contributed by atoms with Crippen LogP contribution in [0.25, 0.3) is 0 Å². The van der Waals surface area contributed by atoms with Gasteiger partial charge in [-0.3, -0.25) is 4.79 Å². The van der Waals surface area contributed by atoms with Gasteiger partial charge >= 0.3 is 5.97 Å². The van der Waals surface area contributed by atoms with Crippen molar-refractivity contribution in [3.8, 4) is 11.5 Å². The number of benzene rings is 2. The normalized spacial score (nSPS) is 23.3. The standard InChI is InChI=1S/C23H22O6/c1-26-16-7-9-17(10-8-16)28-21-14-27-20-13-18(11-12-19(20)22(21)24)29-23(25)15-5-3-2-4-6-15/h2-10,14,18-20H,11-13H2,1H3. The van der Waals surface area contributed by atoms with E-state index in [0.29, 0.717) is 36.3 Å². The van der Waals surface area contributed by atoms with Crippen LogP contribution in [0.3, 0.4) is 0 Å². The van der Waals surface area contributed by atoms with Gasteiger partial charge in [-0.1, -0.05) is 18.2 Å². The molecule has 1 heterocycles. The maximum atomic E-state index is 12.8. The van der Waals surface area contributed by atoms with Gasteiger partial charge in [0.2, 0.25) is 11.5 Å². The van der Waals surface area contributed by atoms with E-state index >= 15 is 0 Å². The molecule has 2 aliphatic rings. The largest absolute Gasteiger partial charge is 0.497 e. The van der Waals surface area contributed by atoms with Gasteiger partial charge in [-0.2, -0.15) is 0 Å². The predicted octanol–water partition coefficient (Wildman–Crippen LogP) is 3.91. The Kier molecular flexibility index (Phi) is 5.51. The highest BCUT2D eigenvalue weighted by atomic mass is 16.6. The number of Topliss-reactive ketones (excluding diaryl/α,β-unsaturated/α-hetero) is 1.